The number of benzene rings is 2. The molecule has 0 bridgehead atoms. The van der Waals surface area contributed by atoms with Gasteiger partial charge in [-0.05, 0) is 41.8 Å². The first-order valence-corrected chi connectivity index (χ1v) is 6.16. The molecule has 0 heterocycles. The lowest BCUT2D eigenvalue weighted by molar-refractivity contribution is 0.306. The molecule has 0 radical (unpaired) electrons. The first kappa shape index (κ1) is 12.5. The third-order valence-corrected chi connectivity index (χ3v) is 2.90. The van der Waals surface area contributed by atoms with Crippen molar-refractivity contribution in [2.24, 2.45) is 0 Å². The van der Waals surface area contributed by atoms with E-state index in [0.717, 1.165) is 23.5 Å². The van der Waals surface area contributed by atoms with E-state index in [9.17, 15) is 0 Å². The highest BCUT2D eigenvalue weighted by Gasteiger charge is 1.97. The van der Waals surface area contributed by atoms with Crippen LogP contribution in [0.4, 0.5) is 0 Å². The lowest BCUT2D eigenvalue weighted by Gasteiger charge is -2.07. The quantitative estimate of drug-likeness (QED) is 0.793. The number of ether oxygens (including phenoxy) is 2. The predicted octanol–water partition coefficient (Wildman–Crippen LogP) is 3.84. The van der Waals surface area contributed by atoms with Gasteiger partial charge < -0.3 is 9.47 Å². The highest BCUT2D eigenvalue weighted by molar-refractivity contribution is 5.29. The number of methoxy groups -OCH3 is 1. The van der Waals surface area contributed by atoms with Gasteiger partial charge in [-0.25, -0.2) is 0 Å². The van der Waals surface area contributed by atoms with Crippen LogP contribution < -0.4 is 9.47 Å². The fraction of sp³-hybridized carbons (Fsp3) is 0.250. The average Bonchev–Trinajstić information content (AvgIpc) is 2.46. The van der Waals surface area contributed by atoms with E-state index in [4.69, 9.17) is 9.47 Å². The third-order valence-electron chi connectivity index (χ3n) is 2.90. The fourth-order valence-electron chi connectivity index (χ4n) is 1.71. The van der Waals surface area contributed by atoms with Gasteiger partial charge in [0.2, 0.25) is 0 Å². The number of aryl methyl sites for hydroxylation is 1. The molecule has 0 aliphatic carbocycles. The van der Waals surface area contributed by atoms with Crippen molar-refractivity contribution in [2.75, 3.05) is 7.11 Å². The standard InChI is InChI=1S/C16H18O2/c1-3-13-4-10-16(11-5-13)18-12-14-6-8-15(17-2)9-7-14/h4-11H,3,12H2,1-2H3. The second-order valence-corrected chi connectivity index (χ2v) is 4.13. The molecule has 0 N–H and O–H groups in total. The molecule has 94 valence electrons. The van der Waals surface area contributed by atoms with E-state index in [1.165, 1.54) is 5.56 Å². The lowest BCUT2D eigenvalue weighted by atomic mass is 10.2. The highest BCUT2D eigenvalue weighted by Crippen LogP contribution is 2.16. The van der Waals surface area contributed by atoms with Crippen LogP contribution in [0.15, 0.2) is 48.5 Å². The maximum atomic E-state index is 5.72. The molecule has 2 heteroatoms. The molecule has 0 unspecified atom stereocenters. The van der Waals surface area contributed by atoms with E-state index in [0.29, 0.717) is 6.61 Å². The molecule has 0 aliphatic heterocycles. The maximum absolute atomic E-state index is 5.72. The van der Waals surface area contributed by atoms with Crippen molar-refractivity contribution >= 4 is 0 Å². The zero-order chi connectivity index (χ0) is 12.8. The van der Waals surface area contributed by atoms with E-state index >= 15 is 0 Å². The molecule has 0 aromatic heterocycles. The summed E-state index contributed by atoms with van der Waals surface area (Å²) >= 11 is 0. The van der Waals surface area contributed by atoms with Gasteiger partial charge in [0.1, 0.15) is 18.1 Å². The summed E-state index contributed by atoms with van der Waals surface area (Å²) in [5.74, 6) is 1.77. The summed E-state index contributed by atoms with van der Waals surface area (Å²) in [4.78, 5) is 0. The molecule has 0 saturated heterocycles. The molecule has 2 nitrogen and oxygen atoms in total. The van der Waals surface area contributed by atoms with Crippen LogP contribution in [0.25, 0.3) is 0 Å². The number of hydrogen-bond donors (Lipinski definition) is 0. The van der Waals surface area contributed by atoms with Crippen molar-refractivity contribution in [3.8, 4) is 11.5 Å². The van der Waals surface area contributed by atoms with Crippen LogP contribution in [0, 0.1) is 0 Å². The molecule has 0 saturated carbocycles. The lowest BCUT2D eigenvalue weighted by Crippen LogP contribution is -1.95. The molecular formula is C16H18O2. The summed E-state index contributed by atoms with van der Waals surface area (Å²) in [6.07, 6.45) is 1.05. The highest BCUT2D eigenvalue weighted by atomic mass is 16.5. The van der Waals surface area contributed by atoms with E-state index in [2.05, 4.69) is 19.1 Å². The first-order valence-electron chi connectivity index (χ1n) is 6.16. The summed E-state index contributed by atoms with van der Waals surface area (Å²) in [5, 5.41) is 0. The van der Waals surface area contributed by atoms with Crippen LogP contribution in [-0.2, 0) is 13.0 Å². The second kappa shape index (κ2) is 6.10. The minimum Gasteiger partial charge on any atom is -0.497 e. The second-order valence-electron chi connectivity index (χ2n) is 4.13. The smallest absolute Gasteiger partial charge is 0.119 e. The summed E-state index contributed by atoms with van der Waals surface area (Å²) in [5.41, 5.74) is 2.46. The van der Waals surface area contributed by atoms with E-state index in [-0.39, 0.29) is 0 Å². The van der Waals surface area contributed by atoms with Gasteiger partial charge in [0.25, 0.3) is 0 Å². The Bertz CT molecular complexity index is 424. The Morgan fingerprint density at radius 2 is 1.33 bits per heavy atom. The zero-order valence-electron chi connectivity index (χ0n) is 10.8. The molecule has 2 aromatic rings. The Kier molecular flexibility index (Phi) is 4.24. The molecule has 0 atom stereocenters. The van der Waals surface area contributed by atoms with Crippen molar-refractivity contribution in [2.45, 2.75) is 20.0 Å². The topological polar surface area (TPSA) is 18.5 Å². The fourth-order valence-corrected chi connectivity index (χ4v) is 1.71. The van der Waals surface area contributed by atoms with Gasteiger partial charge in [-0.3, -0.25) is 0 Å². The van der Waals surface area contributed by atoms with Crippen molar-refractivity contribution in [1.82, 2.24) is 0 Å². The van der Waals surface area contributed by atoms with Crippen molar-refractivity contribution in [1.29, 1.82) is 0 Å². The van der Waals surface area contributed by atoms with E-state index in [1.54, 1.807) is 7.11 Å². The van der Waals surface area contributed by atoms with Crippen LogP contribution in [0.2, 0.25) is 0 Å². The summed E-state index contributed by atoms with van der Waals surface area (Å²) in [7, 11) is 1.67. The largest absolute Gasteiger partial charge is 0.497 e. The molecule has 0 spiro atoms. The minimum absolute atomic E-state index is 0.579. The Morgan fingerprint density at radius 3 is 1.89 bits per heavy atom. The van der Waals surface area contributed by atoms with E-state index in [1.807, 2.05) is 36.4 Å². The monoisotopic (exact) mass is 242 g/mol. The van der Waals surface area contributed by atoms with Crippen molar-refractivity contribution in [3.63, 3.8) is 0 Å². The summed E-state index contributed by atoms with van der Waals surface area (Å²) in [6, 6.07) is 16.1. The maximum Gasteiger partial charge on any atom is 0.119 e. The van der Waals surface area contributed by atoms with Crippen molar-refractivity contribution < 1.29 is 9.47 Å². The van der Waals surface area contributed by atoms with E-state index < -0.39 is 0 Å². The minimum atomic E-state index is 0.579. The van der Waals surface area contributed by atoms with Crippen LogP contribution in [0.3, 0.4) is 0 Å². The molecule has 2 aromatic carbocycles. The van der Waals surface area contributed by atoms with Gasteiger partial charge >= 0.3 is 0 Å². The third kappa shape index (κ3) is 3.27. The number of hydrogen-bond acceptors (Lipinski definition) is 2. The van der Waals surface area contributed by atoms with Gasteiger partial charge in [-0.1, -0.05) is 31.2 Å². The Morgan fingerprint density at radius 1 is 0.778 bits per heavy atom. The normalized spacial score (nSPS) is 10.1. The summed E-state index contributed by atoms with van der Waals surface area (Å²) in [6.45, 7) is 2.72. The van der Waals surface area contributed by atoms with Crippen LogP contribution in [0.5, 0.6) is 11.5 Å². The van der Waals surface area contributed by atoms with Crippen molar-refractivity contribution in [3.05, 3.63) is 59.7 Å². The zero-order valence-corrected chi connectivity index (χ0v) is 10.8. The van der Waals surface area contributed by atoms with Crippen LogP contribution in [0.1, 0.15) is 18.1 Å². The first-order chi connectivity index (χ1) is 8.81. The molecular weight excluding hydrogens is 224 g/mol. The Labute approximate surface area is 108 Å². The number of rotatable bonds is 5. The SMILES string of the molecule is CCc1ccc(OCc2ccc(OC)cc2)cc1. The van der Waals surface area contributed by atoms with Crippen LogP contribution >= 0.6 is 0 Å². The molecule has 0 amide bonds. The molecule has 18 heavy (non-hydrogen) atoms. The molecule has 0 aliphatic rings. The summed E-state index contributed by atoms with van der Waals surface area (Å²) < 4.78 is 10.8. The van der Waals surface area contributed by atoms with Gasteiger partial charge in [0.05, 0.1) is 7.11 Å². The molecule has 2 rings (SSSR count). The predicted molar refractivity (Wildman–Crippen MR) is 73.1 cm³/mol. The molecule has 0 fully saturated rings. The van der Waals surface area contributed by atoms with Gasteiger partial charge in [-0.15, -0.1) is 0 Å². The Hall–Kier alpha value is -1.96. The van der Waals surface area contributed by atoms with Gasteiger partial charge in [-0.2, -0.15) is 0 Å². The Balaban J connectivity index is 1.93. The van der Waals surface area contributed by atoms with Gasteiger partial charge in [0, 0.05) is 0 Å². The van der Waals surface area contributed by atoms with Gasteiger partial charge in [0.15, 0.2) is 0 Å². The van der Waals surface area contributed by atoms with Crippen LogP contribution in [-0.4, -0.2) is 7.11 Å². The average molecular weight is 242 g/mol.